The Kier molecular flexibility index (Phi) is 5.41. The number of ether oxygens (including phenoxy) is 2. The van der Waals surface area contributed by atoms with E-state index in [0.29, 0.717) is 12.1 Å². The molecule has 3 aromatic carbocycles. The van der Waals surface area contributed by atoms with Crippen molar-refractivity contribution in [2.75, 3.05) is 0 Å². The van der Waals surface area contributed by atoms with E-state index >= 15 is 0 Å². The van der Waals surface area contributed by atoms with Gasteiger partial charge in [-0.3, -0.25) is 0 Å². The van der Waals surface area contributed by atoms with Gasteiger partial charge in [0, 0.05) is 6.07 Å². The van der Waals surface area contributed by atoms with Gasteiger partial charge in [0.2, 0.25) is 0 Å². The van der Waals surface area contributed by atoms with Crippen molar-refractivity contribution >= 4 is 0 Å². The summed E-state index contributed by atoms with van der Waals surface area (Å²) in [7, 11) is 0. The van der Waals surface area contributed by atoms with E-state index in [9.17, 15) is 30.7 Å². The smallest absolute Gasteiger partial charge is 0.457 e. The van der Waals surface area contributed by atoms with E-state index in [4.69, 9.17) is 4.74 Å². The van der Waals surface area contributed by atoms with E-state index in [1.54, 1.807) is 0 Å². The highest BCUT2D eigenvalue weighted by molar-refractivity contribution is 5.69. The van der Waals surface area contributed by atoms with Crippen LogP contribution < -0.4 is 9.47 Å². The molecule has 0 atom stereocenters. The number of halogens is 7. The molecule has 0 fully saturated rings. The van der Waals surface area contributed by atoms with Crippen LogP contribution in [0.2, 0.25) is 0 Å². The molecule has 0 amide bonds. The molecule has 0 bridgehead atoms. The predicted molar refractivity (Wildman–Crippen MR) is 90.0 cm³/mol. The third-order valence-electron chi connectivity index (χ3n) is 3.71. The summed E-state index contributed by atoms with van der Waals surface area (Å²) in [6.07, 6.45) is -9.59. The maximum atomic E-state index is 13.5. The van der Waals surface area contributed by atoms with Crippen LogP contribution in [0.3, 0.4) is 0 Å². The molecule has 29 heavy (non-hydrogen) atoms. The molecule has 0 saturated heterocycles. The zero-order valence-electron chi connectivity index (χ0n) is 14.3. The fraction of sp³-hybridized carbons (Fsp3) is 0.100. The Labute approximate surface area is 160 Å². The quantitative estimate of drug-likeness (QED) is 0.419. The molecule has 9 heteroatoms. The Hall–Kier alpha value is -3.23. The van der Waals surface area contributed by atoms with Gasteiger partial charge in [-0.15, -0.1) is 13.2 Å². The second-order valence-corrected chi connectivity index (χ2v) is 5.84. The highest BCUT2D eigenvalue weighted by atomic mass is 19.4. The summed E-state index contributed by atoms with van der Waals surface area (Å²) >= 11 is 0. The first-order valence-electron chi connectivity index (χ1n) is 8.02. The van der Waals surface area contributed by atoms with Crippen LogP contribution in [0.5, 0.6) is 17.2 Å². The minimum atomic E-state index is -4.89. The summed E-state index contributed by atoms with van der Waals surface area (Å²) < 4.78 is 99.4. The van der Waals surface area contributed by atoms with Crippen molar-refractivity contribution in [2.45, 2.75) is 12.5 Å². The van der Waals surface area contributed by atoms with Crippen LogP contribution in [0.25, 0.3) is 11.1 Å². The second kappa shape index (κ2) is 7.65. The molecule has 0 spiro atoms. The highest BCUT2D eigenvalue weighted by Crippen LogP contribution is 2.39. The van der Waals surface area contributed by atoms with Crippen molar-refractivity contribution in [1.29, 1.82) is 0 Å². The van der Waals surface area contributed by atoms with Gasteiger partial charge < -0.3 is 9.47 Å². The lowest BCUT2D eigenvalue weighted by molar-refractivity contribution is -0.274. The number of benzene rings is 3. The Morgan fingerprint density at radius 1 is 0.655 bits per heavy atom. The molecule has 2 nitrogen and oxygen atoms in total. The van der Waals surface area contributed by atoms with Gasteiger partial charge in [0.15, 0.2) is 0 Å². The van der Waals surface area contributed by atoms with E-state index < -0.39 is 35.2 Å². The molecule has 0 aliphatic rings. The summed E-state index contributed by atoms with van der Waals surface area (Å²) in [6, 6.07) is 12.1. The molecule has 0 aliphatic carbocycles. The van der Waals surface area contributed by atoms with Crippen LogP contribution in [0.4, 0.5) is 30.7 Å². The standard InChI is InChI=1S/C20H11F7O2/c21-13-7-8-18(19(22,23)24)17(10-13)12-3-1-4-14(9-12)28-15-5-2-6-16(11-15)29-20(25,26)27/h1-11H. The van der Waals surface area contributed by atoms with E-state index in [-0.39, 0.29) is 17.1 Å². The first-order chi connectivity index (χ1) is 13.5. The van der Waals surface area contributed by atoms with Gasteiger partial charge in [0.05, 0.1) is 5.56 Å². The predicted octanol–water partition coefficient (Wildman–Crippen LogP) is 7.20. The lowest BCUT2D eigenvalue weighted by Gasteiger charge is -2.14. The second-order valence-electron chi connectivity index (χ2n) is 5.84. The maximum absolute atomic E-state index is 13.5. The molecule has 0 saturated carbocycles. The molecule has 0 aliphatic heterocycles. The normalized spacial score (nSPS) is 12.0. The van der Waals surface area contributed by atoms with Crippen molar-refractivity contribution in [1.82, 2.24) is 0 Å². The largest absolute Gasteiger partial charge is 0.573 e. The average Bonchev–Trinajstić information content (AvgIpc) is 2.59. The third-order valence-corrected chi connectivity index (χ3v) is 3.71. The van der Waals surface area contributed by atoms with Gasteiger partial charge in [-0.1, -0.05) is 18.2 Å². The Bertz CT molecular complexity index is 1010. The first kappa shape index (κ1) is 20.5. The van der Waals surface area contributed by atoms with E-state index in [2.05, 4.69) is 4.74 Å². The average molecular weight is 416 g/mol. The van der Waals surface area contributed by atoms with Crippen LogP contribution in [0, 0.1) is 5.82 Å². The third kappa shape index (κ3) is 5.40. The molecular formula is C20H11F7O2. The molecule has 0 heterocycles. The van der Waals surface area contributed by atoms with E-state index in [1.807, 2.05) is 0 Å². The van der Waals surface area contributed by atoms with Gasteiger partial charge >= 0.3 is 12.5 Å². The molecule has 0 radical (unpaired) electrons. The lowest BCUT2D eigenvalue weighted by Crippen LogP contribution is -2.17. The molecular weight excluding hydrogens is 405 g/mol. The number of hydrogen-bond donors (Lipinski definition) is 0. The topological polar surface area (TPSA) is 18.5 Å². The SMILES string of the molecule is Fc1ccc(C(F)(F)F)c(-c2cccc(Oc3cccc(OC(F)(F)F)c3)c2)c1. The zero-order valence-corrected chi connectivity index (χ0v) is 14.3. The first-order valence-corrected chi connectivity index (χ1v) is 8.02. The Balaban J connectivity index is 1.92. The van der Waals surface area contributed by atoms with Crippen LogP contribution in [-0.4, -0.2) is 6.36 Å². The summed E-state index contributed by atoms with van der Waals surface area (Å²) in [5, 5.41) is 0. The van der Waals surface area contributed by atoms with Crippen molar-refractivity contribution in [2.24, 2.45) is 0 Å². The monoisotopic (exact) mass is 416 g/mol. The molecule has 152 valence electrons. The summed E-state index contributed by atoms with van der Waals surface area (Å²) in [4.78, 5) is 0. The van der Waals surface area contributed by atoms with Crippen molar-refractivity contribution in [3.63, 3.8) is 0 Å². The Morgan fingerprint density at radius 3 is 1.93 bits per heavy atom. The summed E-state index contributed by atoms with van der Waals surface area (Å²) in [5.74, 6) is -1.35. The molecule has 0 N–H and O–H groups in total. The van der Waals surface area contributed by atoms with Gasteiger partial charge in [0.1, 0.15) is 23.1 Å². The van der Waals surface area contributed by atoms with Crippen LogP contribution in [-0.2, 0) is 6.18 Å². The van der Waals surface area contributed by atoms with Crippen LogP contribution >= 0.6 is 0 Å². The maximum Gasteiger partial charge on any atom is 0.573 e. The molecule has 0 unspecified atom stereocenters. The fourth-order valence-corrected chi connectivity index (χ4v) is 2.60. The van der Waals surface area contributed by atoms with Crippen molar-refractivity contribution in [3.8, 4) is 28.4 Å². The number of hydrogen-bond acceptors (Lipinski definition) is 2. The van der Waals surface area contributed by atoms with Gasteiger partial charge in [-0.05, 0) is 53.6 Å². The number of alkyl halides is 6. The summed E-state index contributed by atoms with van der Waals surface area (Å²) in [6.45, 7) is 0. The molecule has 0 aromatic heterocycles. The van der Waals surface area contributed by atoms with Crippen LogP contribution in [0.15, 0.2) is 66.7 Å². The van der Waals surface area contributed by atoms with Crippen molar-refractivity contribution < 1.29 is 40.2 Å². The Morgan fingerprint density at radius 2 is 1.28 bits per heavy atom. The van der Waals surface area contributed by atoms with Crippen LogP contribution in [0.1, 0.15) is 5.56 Å². The lowest BCUT2D eigenvalue weighted by atomic mass is 9.99. The van der Waals surface area contributed by atoms with E-state index in [1.165, 1.54) is 36.4 Å². The minimum Gasteiger partial charge on any atom is -0.457 e. The van der Waals surface area contributed by atoms with Gasteiger partial charge in [-0.25, -0.2) is 4.39 Å². The summed E-state index contributed by atoms with van der Waals surface area (Å²) in [5.41, 5.74) is -1.40. The fourth-order valence-electron chi connectivity index (χ4n) is 2.60. The molecule has 3 aromatic rings. The highest BCUT2D eigenvalue weighted by Gasteiger charge is 2.34. The zero-order chi connectivity index (χ0) is 21.2. The number of rotatable bonds is 4. The molecule has 3 rings (SSSR count). The van der Waals surface area contributed by atoms with Crippen molar-refractivity contribution in [3.05, 3.63) is 78.1 Å². The van der Waals surface area contributed by atoms with Gasteiger partial charge in [0.25, 0.3) is 0 Å². The van der Waals surface area contributed by atoms with E-state index in [0.717, 1.165) is 18.2 Å². The minimum absolute atomic E-state index is 0.0250. The van der Waals surface area contributed by atoms with Gasteiger partial charge in [-0.2, -0.15) is 13.2 Å².